The van der Waals surface area contributed by atoms with Gasteiger partial charge in [-0.3, -0.25) is 0 Å². The van der Waals surface area contributed by atoms with Crippen molar-refractivity contribution < 1.29 is 8.42 Å². The van der Waals surface area contributed by atoms with Gasteiger partial charge in [-0.1, -0.05) is 23.2 Å². The molecular weight excluding hydrogens is 231 g/mol. The summed E-state index contributed by atoms with van der Waals surface area (Å²) < 4.78 is 22.4. The zero-order valence-electron chi connectivity index (χ0n) is 7.14. The Morgan fingerprint density at radius 2 is 1.69 bits per heavy atom. The number of benzene rings is 1. The van der Waals surface area contributed by atoms with Gasteiger partial charge >= 0.3 is 0 Å². The van der Waals surface area contributed by atoms with Crippen LogP contribution in [0.3, 0.4) is 0 Å². The molecule has 0 atom stereocenters. The molecule has 0 saturated carbocycles. The molecule has 1 aromatic rings. The van der Waals surface area contributed by atoms with Crippen LogP contribution in [0.15, 0.2) is 17.0 Å². The minimum Gasteiger partial charge on any atom is -0.224 e. The quantitative estimate of drug-likeness (QED) is 0.755. The van der Waals surface area contributed by atoms with Gasteiger partial charge in [0, 0.05) is 11.3 Å². The van der Waals surface area contributed by atoms with Crippen molar-refractivity contribution in [2.75, 3.05) is 6.26 Å². The molecule has 0 spiro atoms. The minimum atomic E-state index is -3.26. The van der Waals surface area contributed by atoms with Crippen molar-refractivity contribution in [1.29, 1.82) is 0 Å². The fraction of sp³-hybridized carbons (Fsp3) is 0.250. The normalized spacial score (nSPS) is 11.7. The predicted octanol–water partition coefficient (Wildman–Crippen LogP) is 2.71. The van der Waals surface area contributed by atoms with Gasteiger partial charge in [0.25, 0.3) is 0 Å². The van der Waals surface area contributed by atoms with Crippen LogP contribution in [0.25, 0.3) is 0 Å². The molecule has 0 heterocycles. The van der Waals surface area contributed by atoms with E-state index in [-0.39, 0.29) is 9.92 Å². The van der Waals surface area contributed by atoms with Crippen LogP contribution in [0.5, 0.6) is 0 Å². The number of hydrogen-bond acceptors (Lipinski definition) is 2. The van der Waals surface area contributed by atoms with Crippen LogP contribution in [0.2, 0.25) is 10.0 Å². The molecule has 0 unspecified atom stereocenters. The highest BCUT2D eigenvalue weighted by molar-refractivity contribution is 7.90. The molecule has 0 radical (unpaired) electrons. The van der Waals surface area contributed by atoms with Crippen LogP contribution in [0.1, 0.15) is 5.56 Å². The van der Waals surface area contributed by atoms with E-state index in [1.54, 1.807) is 6.92 Å². The summed E-state index contributed by atoms with van der Waals surface area (Å²) in [4.78, 5) is 0.121. The van der Waals surface area contributed by atoms with Crippen molar-refractivity contribution in [2.45, 2.75) is 11.8 Å². The van der Waals surface area contributed by atoms with Crippen molar-refractivity contribution in [3.05, 3.63) is 27.7 Å². The summed E-state index contributed by atoms with van der Waals surface area (Å²) in [7, 11) is -3.26. The maximum Gasteiger partial charge on any atom is 0.177 e. The fourth-order valence-corrected chi connectivity index (χ4v) is 2.52. The molecule has 1 aromatic carbocycles. The fourth-order valence-electron chi connectivity index (χ4n) is 0.915. The Labute approximate surface area is 87.4 Å². The zero-order valence-corrected chi connectivity index (χ0v) is 9.46. The summed E-state index contributed by atoms with van der Waals surface area (Å²) >= 11 is 11.5. The molecule has 1 rings (SSSR count). The molecule has 0 amide bonds. The van der Waals surface area contributed by atoms with E-state index in [0.717, 1.165) is 6.26 Å². The van der Waals surface area contributed by atoms with Gasteiger partial charge in [0.2, 0.25) is 0 Å². The van der Waals surface area contributed by atoms with E-state index in [0.29, 0.717) is 10.6 Å². The van der Waals surface area contributed by atoms with Gasteiger partial charge < -0.3 is 0 Å². The Kier molecular flexibility index (Phi) is 2.90. The van der Waals surface area contributed by atoms with Gasteiger partial charge in [-0.2, -0.15) is 0 Å². The Balaban J connectivity index is 3.50. The Bertz CT molecular complexity index is 438. The molecule has 0 saturated heterocycles. The summed E-state index contributed by atoms with van der Waals surface area (Å²) in [6.07, 6.45) is 1.11. The SMILES string of the molecule is Cc1cc(S(C)(=O)=O)c(Cl)cc1Cl. The first-order valence-corrected chi connectivity index (χ1v) is 6.13. The average molecular weight is 239 g/mol. The molecule has 13 heavy (non-hydrogen) atoms. The van der Waals surface area contributed by atoms with Gasteiger partial charge in [0.15, 0.2) is 9.84 Å². The standard InChI is InChI=1S/C8H8Cl2O2S/c1-5-3-8(13(2,11)12)7(10)4-6(5)9/h3-4H,1-2H3. The monoisotopic (exact) mass is 238 g/mol. The summed E-state index contributed by atoms with van der Waals surface area (Å²) in [5, 5.41) is 0.635. The van der Waals surface area contributed by atoms with Crippen molar-refractivity contribution in [3.63, 3.8) is 0 Å². The first-order valence-electron chi connectivity index (χ1n) is 3.48. The molecule has 72 valence electrons. The number of sulfone groups is 1. The van der Waals surface area contributed by atoms with Gasteiger partial charge in [0.1, 0.15) is 0 Å². The second-order valence-corrected chi connectivity index (χ2v) is 5.60. The first-order chi connectivity index (χ1) is 5.82. The second kappa shape index (κ2) is 3.48. The van der Waals surface area contributed by atoms with E-state index in [9.17, 15) is 8.42 Å². The van der Waals surface area contributed by atoms with E-state index >= 15 is 0 Å². The largest absolute Gasteiger partial charge is 0.224 e. The third kappa shape index (κ3) is 2.36. The van der Waals surface area contributed by atoms with Crippen LogP contribution < -0.4 is 0 Å². The summed E-state index contributed by atoms with van der Waals surface area (Å²) in [5.41, 5.74) is 0.700. The average Bonchev–Trinajstić information content (AvgIpc) is 1.94. The molecule has 2 nitrogen and oxygen atoms in total. The maximum atomic E-state index is 11.2. The highest BCUT2D eigenvalue weighted by Crippen LogP contribution is 2.27. The number of halogens is 2. The third-order valence-corrected chi connectivity index (χ3v) is 3.58. The molecule has 5 heteroatoms. The van der Waals surface area contributed by atoms with Crippen LogP contribution in [0, 0.1) is 6.92 Å². The predicted molar refractivity (Wildman–Crippen MR) is 54.3 cm³/mol. The maximum absolute atomic E-state index is 11.2. The molecule has 0 N–H and O–H groups in total. The third-order valence-electron chi connectivity index (χ3n) is 1.61. The van der Waals surface area contributed by atoms with E-state index in [1.807, 2.05) is 0 Å². The van der Waals surface area contributed by atoms with Gasteiger partial charge in [-0.15, -0.1) is 0 Å². The lowest BCUT2D eigenvalue weighted by molar-refractivity contribution is 0.602. The summed E-state index contributed by atoms with van der Waals surface area (Å²) in [5.74, 6) is 0. The van der Waals surface area contributed by atoms with Crippen LogP contribution in [-0.2, 0) is 9.84 Å². The Hall–Kier alpha value is -0.250. The molecule has 0 bridgehead atoms. The van der Waals surface area contributed by atoms with Crippen LogP contribution in [-0.4, -0.2) is 14.7 Å². The Morgan fingerprint density at radius 1 is 1.15 bits per heavy atom. The van der Waals surface area contributed by atoms with E-state index < -0.39 is 9.84 Å². The van der Waals surface area contributed by atoms with Crippen molar-refractivity contribution >= 4 is 33.0 Å². The highest BCUT2D eigenvalue weighted by atomic mass is 35.5. The summed E-state index contributed by atoms with van der Waals surface area (Å²) in [6, 6.07) is 2.91. The van der Waals surface area contributed by atoms with Gasteiger partial charge in [-0.25, -0.2) is 8.42 Å². The van der Waals surface area contributed by atoms with Crippen molar-refractivity contribution in [3.8, 4) is 0 Å². The minimum absolute atomic E-state index is 0.121. The number of hydrogen-bond donors (Lipinski definition) is 0. The lowest BCUT2D eigenvalue weighted by Gasteiger charge is -2.04. The lowest BCUT2D eigenvalue weighted by atomic mass is 10.2. The zero-order chi connectivity index (χ0) is 10.2. The molecule has 0 fully saturated rings. The van der Waals surface area contributed by atoms with Crippen LogP contribution >= 0.6 is 23.2 Å². The second-order valence-electron chi connectivity index (χ2n) is 2.80. The number of aryl methyl sites for hydroxylation is 1. The van der Waals surface area contributed by atoms with Crippen molar-refractivity contribution in [2.24, 2.45) is 0 Å². The molecule has 0 aliphatic carbocycles. The van der Waals surface area contributed by atoms with Crippen molar-refractivity contribution in [1.82, 2.24) is 0 Å². The van der Waals surface area contributed by atoms with E-state index in [2.05, 4.69) is 0 Å². The first kappa shape index (κ1) is 10.8. The molecule has 0 aromatic heterocycles. The lowest BCUT2D eigenvalue weighted by Crippen LogP contribution is -1.98. The highest BCUT2D eigenvalue weighted by Gasteiger charge is 2.13. The Morgan fingerprint density at radius 3 is 2.15 bits per heavy atom. The molecule has 0 aliphatic rings. The molecular formula is C8H8Cl2O2S. The topological polar surface area (TPSA) is 34.1 Å². The smallest absolute Gasteiger partial charge is 0.177 e. The molecule has 0 aliphatic heterocycles. The van der Waals surface area contributed by atoms with E-state index in [1.165, 1.54) is 12.1 Å². The van der Waals surface area contributed by atoms with Gasteiger partial charge in [0.05, 0.1) is 9.92 Å². The van der Waals surface area contributed by atoms with E-state index in [4.69, 9.17) is 23.2 Å². The van der Waals surface area contributed by atoms with Gasteiger partial charge in [-0.05, 0) is 24.6 Å². The van der Waals surface area contributed by atoms with Crippen LogP contribution in [0.4, 0.5) is 0 Å². The summed E-state index contributed by atoms with van der Waals surface area (Å²) in [6.45, 7) is 1.73. The number of rotatable bonds is 1.